The number of nitrogens with zero attached hydrogens (tertiary/aromatic N) is 1. The second kappa shape index (κ2) is 5.39. The number of benzene rings is 1. The predicted octanol–water partition coefficient (Wildman–Crippen LogP) is 2.78. The SMILES string of the molecule is CN(C)C(CC(=O)O)c1ccccc1C(F)(F)F. The lowest BCUT2D eigenvalue weighted by Gasteiger charge is -2.26. The molecule has 0 saturated heterocycles. The van der Waals surface area contributed by atoms with Gasteiger partial charge in [0.15, 0.2) is 0 Å². The maximum atomic E-state index is 12.8. The minimum absolute atomic E-state index is 0.0163. The maximum Gasteiger partial charge on any atom is 0.416 e. The number of aliphatic carboxylic acids is 1. The van der Waals surface area contributed by atoms with Crippen LogP contribution in [0.2, 0.25) is 0 Å². The van der Waals surface area contributed by atoms with Crippen LogP contribution >= 0.6 is 0 Å². The summed E-state index contributed by atoms with van der Waals surface area (Å²) in [6, 6.07) is 4.24. The molecule has 3 nitrogen and oxygen atoms in total. The van der Waals surface area contributed by atoms with Gasteiger partial charge in [-0.2, -0.15) is 13.2 Å². The zero-order valence-electron chi connectivity index (χ0n) is 10.0. The van der Waals surface area contributed by atoms with Gasteiger partial charge in [0.2, 0.25) is 0 Å². The summed E-state index contributed by atoms with van der Waals surface area (Å²) >= 11 is 0. The molecule has 0 amide bonds. The largest absolute Gasteiger partial charge is 0.481 e. The van der Waals surface area contributed by atoms with Crippen LogP contribution in [0.5, 0.6) is 0 Å². The Morgan fingerprint density at radius 2 is 1.89 bits per heavy atom. The molecule has 0 aliphatic rings. The summed E-state index contributed by atoms with van der Waals surface area (Å²) in [6.07, 6.45) is -4.86. The summed E-state index contributed by atoms with van der Waals surface area (Å²) in [6.45, 7) is 0. The Kier molecular flexibility index (Phi) is 4.34. The molecule has 0 bridgehead atoms. The number of halogens is 3. The van der Waals surface area contributed by atoms with Crippen LogP contribution in [-0.4, -0.2) is 30.1 Å². The van der Waals surface area contributed by atoms with Gasteiger partial charge < -0.3 is 10.0 Å². The normalized spacial score (nSPS) is 13.7. The van der Waals surface area contributed by atoms with Crippen LogP contribution in [0.1, 0.15) is 23.6 Å². The number of rotatable bonds is 4. The van der Waals surface area contributed by atoms with Crippen LogP contribution in [0.25, 0.3) is 0 Å². The summed E-state index contributed by atoms with van der Waals surface area (Å²) in [5, 5.41) is 8.78. The number of hydrogen-bond acceptors (Lipinski definition) is 2. The Labute approximate surface area is 103 Å². The highest BCUT2D eigenvalue weighted by Gasteiger charge is 2.35. The lowest BCUT2D eigenvalue weighted by molar-refractivity contribution is -0.141. The first kappa shape index (κ1) is 14.5. The van der Waals surface area contributed by atoms with Gasteiger partial charge in [-0.05, 0) is 25.7 Å². The average molecular weight is 261 g/mol. The van der Waals surface area contributed by atoms with Crippen LogP contribution in [0.15, 0.2) is 24.3 Å². The zero-order chi connectivity index (χ0) is 13.9. The number of alkyl halides is 3. The third kappa shape index (κ3) is 3.46. The minimum atomic E-state index is -4.48. The molecule has 0 fully saturated rings. The summed E-state index contributed by atoms with van der Waals surface area (Å²) in [4.78, 5) is 12.2. The van der Waals surface area contributed by atoms with E-state index in [2.05, 4.69) is 0 Å². The van der Waals surface area contributed by atoms with E-state index in [-0.39, 0.29) is 12.0 Å². The molecule has 0 heterocycles. The third-order valence-electron chi connectivity index (χ3n) is 2.62. The topological polar surface area (TPSA) is 40.5 Å². The molecule has 0 aromatic heterocycles. The standard InChI is InChI=1S/C12H14F3NO2/c1-16(2)10(7-11(17)18)8-5-3-4-6-9(8)12(13,14)15/h3-6,10H,7H2,1-2H3,(H,17,18). The first-order valence-electron chi connectivity index (χ1n) is 5.28. The predicted molar refractivity (Wildman–Crippen MR) is 60.1 cm³/mol. The van der Waals surface area contributed by atoms with Crippen molar-refractivity contribution in [1.29, 1.82) is 0 Å². The minimum Gasteiger partial charge on any atom is -0.481 e. The van der Waals surface area contributed by atoms with Crippen molar-refractivity contribution >= 4 is 5.97 Å². The van der Waals surface area contributed by atoms with Crippen LogP contribution in [0.3, 0.4) is 0 Å². The van der Waals surface area contributed by atoms with Crippen molar-refractivity contribution in [3.63, 3.8) is 0 Å². The van der Waals surface area contributed by atoms with E-state index >= 15 is 0 Å². The zero-order valence-corrected chi connectivity index (χ0v) is 10.0. The molecule has 18 heavy (non-hydrogen) atoms. The van der Waals surface area contributed by atoms with Crippen LogP contribution < -0.4 is 0 Å². The van der Waals surface area contributed by atoms with Crippen molar-refractivity contribution in [2.45, 2.75) is 18.6 Å². The highest BCUT2D eigenvalue weighted by molar-refractivity contribution is 5.68. The van der Waals surface area contributed by atoms with Gasteiger partial charge in [0.05, 0.1) is 12.0 Å². The smallest absolute Gasteiger partial charge is 0.416 e. The quantitative estimate of drug-likeness (QED) is 0.906. The molecule has 1 unspecified atom stereocenters. The molecule has 1 aromatic carbocycles. The van der Waals surface area contributed by atoms with Crippen molar-refractivity contribution < 1.29 is 23.1 Å². The van der Waals surface area contributed by atoms with E-state index in [1.807, 2.05) is 0 Å². The molecule has 0 saturated carbocycles. The molecule has 0 aliphatic heterocycles. The number of carboxylic acid groups (broad SMARTS) is 1. The van der Waals surface area contributed by atoms with Gasteiger partial charge in [-0.1, -0.05) is 18.2 Å². The van der Waals surface area contributed by atoms with Gasteiger partial charge in [0.1, 0.15) is 0 Å². The molecule has 100 valence electrons. The van der Waals surface area contributed by atoms with E-state index in [0.29, 0.717) is 0 Å². The van der Waals surface area contributed by atoms with Crippen LogP contribution in [0, 0.1) is 0 Å². The highest BCUT2D eigenvalue weighted by Crippen LogP contribution is 2.36. The van der Waals surface area contributed by atoms with E-state index in [9.17, 15) is 18.0 Å². The van der Waals surface area contributed by atoms with Gasteiger partial charge in [0.25, 0.3) is 0 Å². The van der Waals surface area contributed by atoms with Gasteiger partial charge in [0, 0.05) is 6.04 Å². The molecule has 0 spiro atoms. The number of carboxylic acids is 1. The highest BCUT2D eigenvalue weighted by atomic mass is 19.4. The van der Waals surface area contributed by atoms with E-state index in [1.165, 1.54) is 23.1 Å². The van der Waals surface area contributed by atoms with Gasteiger partial charge in [-0.25, -0.2) is 0 Å². The summed E-state index contributed by atoms with van der Waals surface area (Å²) in [5.74, 6) is -1.13. The van der Waals surface area contributed by atoms with Gasteiger partial charge >= 0.3 is 12.1 Å². The van der Waals surface area contributed by atoms with E-state index in [4.69, 9.17) is 5.11 Å². The Morgan fingerprint density at radius 1 is 1.33 bits per heavy atom. The summed E-state index contributed by atoms with van der Waals surface area (Å²) in [5.41, 5.74) is -0.803. The van der Waals surface area contributed by atoms with Crippen molar-refractivity contribution in [2.24, 2.45) is 0 Å². The fourth-order valence-electron chi connectivity index (χ4n) is 1.78. The lowest BCUT2D eigenvalue weighted by atomic mass is 9.97. The Balaban J connectivity index is 3.24. The second-order valence-electron chi connectivity index (χ2n) is 4.16. The molecule has 1 rings (SSSR count). The van der Waals surface area contributed by atoms with E-state index in [0.717, 1.165) is 6.07 Å². The van der Waals surface area contributed by atoms with E-state index < -0.39 is 23.8 Å². The molecule has 1 N–H and O–H groups in total. The third-order valence-corrected chi connectivity index (χ3v) is 2.62. The molecular weight excluding hydrogens is 247 g/mol. The van der Waals surface area contributed by atoms with Crippen molar-refractivity contribution in [2.75, 3.05) is 14.1 Å². The Bertz CT molecular complexity index is 430. The Morgan fingerprint density at radius 3 is 2.33 bits per heavy atom. The lowest BCUT2D eigenvalue weighted by Crippen LogP contribution is -2.25. The molecular formula is C12H14F3NO2. The average Bonchev–Trinajstić information content (AvgIpc) is 2.24. The number of carbonyl (C=O) groups is 1. The molecule has 1 aromatic rings. The summed E-state index contributed by atoms with van der Waals surface area (Å²) in [7, 11) is 3.11. The number of hydrogen-bond donors (Lipinski definition) is 1. The molecule has 0 radical (unpaired) electrons. The first-order chi connectivity index (χ1) is 8.23. The van der Waals surface area contributed by atoms with Crippen molar-refractivity contribution in [1.82, 2.24) is 4.90 Å². The van der Waals surface area contributed by atoms with Crippen molar-refractivity contribution in [3.05, 3.63) is 35.4 Å². The van der Waals surface area contributed by atoms with Crippen LogP contribution in [-0.2, 0) is 11.0 Å². The maximum absolute atomic E-state index is 12.8. The Hall–Kier alpha value is -1.56. The fraction of sp³-hybridized carbons (Fsp3) is 0.417. The fourth-order valence-corrected chi connectivity index (χ4v) is 1.78. The molecule has 0 aliphatic carbocycles. The van der Waals surface area contributed by atoms with Crippen LogP contribution in [0.4, 0.5) is 13.2 Å². The summed E-state index contributed by atoms with van der Waals surface area (Å²) < 4.78 is 38.5. The van der Waals surface area contributed by atoms with Crippen molar-refractivity contribution in [3.8, 4) is 0 Å². The van der Waals surface area contributed by atoms with Gasteiger partial charge in [-0.3, -0.25) is 4.79 Å². The van der Waals surface area contributed by atoms with Gasteiger partial charge in [-0.15, -0.1) is 0 Å². The molecule has 6 heteroatoms. The second-order valence-corrected chi connectivity index (χ2v) is 4.16. The molecule has 1 atom stereocenters. The van der Waals surface area contributed by atoms with E-state index in [1.54, 1.807) is 14.1 Å². The first-order valence-corrected chi connectivity index (χ1v) is 5.28. The monoisotopic (exact) mass is 261 g/mol.